The molecule has 0 radical (unpaired) electrons. The molecule has 3 rings (SSSR count). The minimum Gasteiger partial charge on any atom is -0.362 e. The first-order chi connectivity index (χ1) is 13.6. The number of hydrogen-bond donors (Lipinski definition) is 2. The van der Waals surface area contributed by atoms with Gasteiger partial charge in [-0.1, -0.05) is 30.8 Å². The van der Waals surface area contributed by atoms with E-state index in [1.54, 1.807) is 18.1 Å². The maximum Gasteiger partial charge on any atom is 0.0447 e. The standard InChI is InChI=1S/C24H29N3S/c1-5-25-24-14-11-21(16-20(24)10-7-15-27(3)4)26-28-22-12-13-23-18(2)8-6-9-19(23)17-22/h5-6,8-9,11-14,16-17,25-26H,1,7,10,15H2,2-4H3. The second kappa shape index (κ2) is 9.67. The number of fused-ring (bicyclic) bond motifs is 1. The molecule has 0 amide bonds. The van der Waals surface area contributed by atoms with Crippen molar-refractivity contribution >= 4 is 34.1 Å². The zero-order chi connectivity index (χ0) is 19.9. The monoisotopic (exact) mass is 391 g/mol. The average Bonchev–Trinajstić information content (AvgIpc) is 2.68. The lowest BCUT2D eigenvalue weighted by atomic mass is 10.1. The van der Waals surface area contributed by atoms with Crippen molar-refractivity contribution in [2.45, 2.75) is 24.7 Å². The molecule has 0 aliphatic rings. The Kier molecular flexibility index (Phi) is 7.01. The highest BCUT2D eigenvalue weighted by Crippen LogP contribution is 2.29. The van der Waals surface area contributed by atoms with Gasteiger partial charge in [0.15, 0.2) is 0 Å². The van der Waals surface area contributed by atoms with Gasteiger partial charge >= 0.3 is 0 Å². The molecular formula is C24H29N3S. The lowest BCUT2D eigenvalue weighted by Gasteiger charge is -2.14. The fourth-order valence-corrected chi connectivity index (χ4v) is 3.99. The van der Waals surface area contributed by atoms with Gasteiger partial charge in [-0.05, 0) is 111 Å². The van der Waals surface area contributed by atoms with Gasteiger partial charge in [-0.2, -0.15) is 0 Å². The largest absolute Gasteiger partial charge is 0.362 e. The van der Waals surface area contributed by atoms with Crippen molar-refractivity contribution in [1.82, 2.24) is 4.90 Å². The molecule has 0 aliphatic heterocycles. The normalized spacial score (nSPS) is 11.0. The fourth-order valence-electron chi connectivity index (χ4n) is 3.31. The summed E-state index contributed by atoms with van der Waals surface area (Å²) in [6.07, 6.45) is 3.90. The van der Waals surface area contributed by atoms with Crippen LogP contribution in [0, 0.1) is 6.92 Å². The Hall–Kier alpha value is -2.43. The minimum absolute atomic E-state index is 1.03. The van der Waals surface area contributed by atoms with Gasteiger partial charge in [-0.15, -0.1) is 0 Å². The van der Waals surface area contributed by atoms with Crippen molar-refractivity contribution in [1.29, 1.82) is 0 Å². The molecule has 0 heterocycles. The SMILES string of the molecule is C=CNc1ccc(NSc2ccc3c(C)cccc3c2)cc1CCCN(C)C. The van der Waals surface area contributed by atoms with Gasteiger partial charge in [0.25, 0.3) is 0 Å². The predicted octanol–water partition coefficient (Wildman–Crippen LogP) is 6.32. The number of benzene rings is 3. The molecule has 0 aliphatic carbocycles. The number of rotatable bonds is 9. The first kappa shape index (κ1) is 20.3. The van der Waals surface area contributed by atoms with Crippen LogP contribution >= 0.6 is 11.9 Å². The highest BCUT2D eigenvalue weighted by Gasteiger charge is 2.05. The molecule has 3 nitrogen and oxygen atoms in total. The summed E-state index contributed by atoms with van der Waals surface area (Å²) in [5, 5.41) is 5.85. The summed E-state index contributed by atoms with van der Waals surface area (Å²) < 4.78 is 3.50. The van der Waals surface area contributed by atoms with Crippen molar-refractivity contribution in [3.05, 3.63) is 78.5 Å². The summed E-state index contributed by atoms with van der Waals surface area (Å²) >= 11 is 1.65. The summed E-state index contributed by atoms with van der Waals surface area (Å²) in [6, 6.07) is 19.5. The van der Waals surface area contributed by atoms with Crippen LogP contribution in [0.4, 0.5) is 11.4 Å². The van der Waals surface area contributed by atoms with Crippen LogP contribution in [0.3, 0.4) is 0 Å². The van der Waals surface area contributed by atoms with Gasteiger partial charge in [-0.3, -0.25) is 0 Å². The summed E-state index contributed by atoms with van der Waals surface area (Å²) in [5.41, 5.74) is 4.87. The van der Waals surface area contributed by atoms with E-state index >= 15 is 0 Å². The van der Waals surface area contributed by atoms with Crippen LogP contribution in [0.1, 0.15) is 17.5 Å². The molecule has 0 aromatic heterocycles. The highest BCUT2D eigenvalue weighted by atomic mass is 32.2. The van der Waals surface area contributed by atoms with Crippen LogP contribution in [0.5, 0.6) is 0 Å². The number of hydrogen-bond acceptors (Lipinski definition) is 4. The van der Waals surface area contributed by atoms with Crippen LogP contribution in [-0.2, 0) is 6.42 Å². The Balaban J connectivity index is 1.71. The van der Waals surface area contributed by atoms with E-state index in [1.165, 1.54) is 26.8 Å². The van der Waals surface area contributed by atoms with Crippen molar-refractivity contribution in [2.75, 3.05) is 30.7 Å². The van der Waals surface area contributed by atoms with Crippen LogP contribution in [0.25, 0.3) is 10.8 Å². The van der Waals surface area contributed by atoms with Crippen molar-refractivity contribution in [3.63, 3.8) is 0 Å². The molecule has 0 spiro atoms. The van der Waals surface area contributed by atoms with Crippen LogP contribution < -0.4 is 10.0 Å². The molecule has 0 saturated carbocycles. The summed E-state index contributed by atoms with van der Waals surface area (Å²) in [4.78, 5) is 3.43. The molecule has 28 heavy (non-hydrogen) atoms. The van der Waals surface area contributed by atoms with E-state index in [-0.39, 0.29) is 0 Å². The number of anilines is 2. The molecule has 3 aromatic carbocycles. The summed E-state index contributed by atoms with van der Waals surface area (Å²) in [7, 11) is 4.23. The topological polar surface area (TPSA) is 27.3 Å². The van der Waals surface area contributed by atoms with Gasteiger partial charge in [0, 0.05) is 16.3 Å². The van der Waals surface area contributed by atoms with Crippen molar-refractivity contribution in [3.8, 4) is 0 Å². The fraction of sp³-hybridized carbons (Fsp3) is 0.250. The number of nitrogens with zero attached hydrogens (tertiary/aromatic N) is 1. The van der Waals surface area contributed by atoms with Crippen LogP contribution in [0.15, 0.2) is 72.3 Å². The van der Waals surface area contributed by atoms with Gasteiger partial charge in [0.2, 0.25) is 0 Å². The van der Waals surface area contributed by atoms with Gasteiger partial charge in [-0.25, -0.2) is 0 Å². The molecular weight excluding hydrogens is 362 g/mol. The summed E-state index contributed by atoms with van der Waals surface area (Å²) in [6.45, 7) is 7.03. The Morgan fingerprint density at radius 2 is 1.93 bits per heavy atom. The van der Waals surface area contributed by atoms with E-state index in [1.807, 2.05) is 0 Å². The van der Waals surface area contributed by atoms with Crippen molar-refractivity contribution in [2.24, 2.45) is 0 Å². The predicted molar refractivity (Wildman–Crippen MR) is 125 cm³/mol. The number of aryl methyl sites for hydroxylation is 2. The molecule has 2 N–H and O–H groups in total. The lowest BCUT2D eigenvalue weighted by Crippen LogP contribution is -2.13. The Labute approximate surface area is 173 Å². The molecule has 0 fully saturated rings. The van der Waals surface area contributed by atoms with Gasteiger partial charge in [0.05, 0.1) is 0 Å². The second-order valence-electron chi connectivity index (χ2n) is 7.29. The van der Waals surface area contributed by atoms with Crippen LogP contribution in [-0.4, -0.2) is 25.5 Å². The molecule has 0 bridgehead atoms. The van der Waals surface area contributed by atoms with E-state index in [4.69, 9.17) is 0 Å². The molecule has 0 unspecified atom stereocenters. The minimum atomic E-state index is 1.03. The Morgan fingerprint density at radius 1 is 1.07 bits per heavy atom. The molecule has 0 saturated heterocycles. The van der Waals surface area contributed by atoms with E-state index in [0.29, 0.717) is 0 Å². The van der Waals surface area contributed by atoms with E-state index in [2.05, 4.69) is 97.1 Å². The maximum atomic E-state index is 3.80. The van der Waals surface area contributed by atoms with E-state index in [9.17, 15) is 0 Å². The number of nitrogens with one attached hydrogen (secondary N) is 2. The zero-order valence-electron chi connectivity index (χ0n) is 17.0. The molecule has 146 valence electrons. The smallest absolute Gasteiger partial charge is 0.0447 e. The third-order valence-corrected chi connectivity index (χ3v) is 5.60. The first-order valence-electron chi connectivity index (χ1n) is 9.64. The first-order valence-corrected chi connectivity index (χ1v) is 10.5. The summed E-state index contributed by atoms with van der Waals surface area (Å²) in [5.74, 6) is 0. The second-order valence-corrected chi connectivity index (χ2v) is 8.17. The Morgan fingerprint density at radius 3 is 2.71 bits per heavy atom. The van der Waals surface area contributed by atoms with Gasteiger partial charge in [0.1, 0.15) is 0 Å². The zero-order valence-corrected chi connectivity index (χ0v) is 17.8. The van der Waals surface area contributed by atoms with Gasteiger partial charge < -0.3 is 14.9 Å². The Bertz CT molecular complexity index is 950. The average molecular weight is 392 g/mol. The van der Waals surface area contributed by atoms with Crippen molar-refractivity contribution < 1.29 is 0 Å². The third-order valence-electron chi connectivity index (χ3n) is 4.77. The maximum absolute atomic E-state index is 3.80. The molecule has 4 heteroatoms. The van der Waals surface area contributed by atoms with Crippen LogP contribution in [0.2, 0.25) is 0 Å². The van der Waals surface area contributed by atoms with E-state index < -0.39 is 0 Å². The van der Waals surface area contributed by atoms with E-state index in [0.717, 1.165) is 30.8 Å². The third kappa shape index (κ3) is 5.31. The highest BCUT2D eigenvalue weighted by molar-refractivity contribution is 8.00. The molecule has 3 aromatic rings. The lowest BCUT2D eigenvalue weighted by molar-refractivity contribution is 0.400. The molecule has 0 atom stereocenters. The quantitative estimate of drug-likeness (QED) is 0.418.